The van der Waals surface area contributed by atoms with Crippen LogP contribution >= 0.6 is 0 Å². The van der Waals surface area contributed by atoms with E-state index in [1.54, 1.807) is 12.1 Å². The van der Waals surface area contributed by atoms with Gasteiger partial charge in [-0.05, 0) is 36.7 Å². The molecule has 3 fully saturated rings. The predicted molar refractivity (Wildman–Crippen MR) is 138 cm³/mol. The first-order valence-electron chi connectivity index (χ1n) is 13.2. The number of carbonyl (C=O) groups excluding carboxylic acids is 3. The highest BCUT2D eigenvalue weighted by Gasteiger charge is 2.53. The molecule has 11 heteroatoms. The number of ether oxygens (including phenoxy) is 1. The number of carbonyl (C=O) groups is 3. The van der Waals surface area contributed by atoms with Crippen molar-refractivity contribution in [3.63, 3.8) is 0 Å². The van der Waals surface area contributed by atoms with Crippen LogP contribution in [0.3, 0.4) is 0 Å². The van der Waals surface area contributed by atoms with E-state index in [0.717, 1.165) is 31.9 Å². The van der Waals surface area contributed by atoms with Crippen LogP contribution in [0, 0.1) is 5.82 Å². The normalized spacial score (nSPS) is 26.3. The number of hydrogen-bond acceptors (Lipinski definition) is 8. The van der Waals surface area contributed by atoms with E-state index in [4.69, 9.17) is 14.1 Å². The number of fused-ring (bicyclic) bond motifs is 4. The molecule has 2 aromatic heterocycles. The summed E-state index contributed by atoms with van der Waals surface area (Å²) in [6, 6.07) is 9.52. The summed E-state index contributed by atoms with van der Waals surface area (Å²) in [7, 11) is 1.33. The van der Waals surface area contributed by atoms with Gasteiger partial charge in [0.2, 0.25) is 11.8 Å². The fourth-order valence-electron chi connectivity index (χ4n) is 6.78. The molecule has 0 unspecified atom stereocenters. The molecule has 10 nitrogen and oxygen atoms in total. The van der Waals surface area contributed by atoms with Crippen molar-refractivity contribution in [2.45, 2.75) is 43.8 Å². The van der Waals surface area contributed by atoms with Gasteiger partial charge in [-0.15, -0.1) is 0 Å². The molecule has 1 N–H and O–H groups in total. The molecule has 3 atom stereocenters. The van der Waals surface area contributed by atoms with Gasteiger partial charge in [-0.1, -0.05) is 13.0 Å². The Bertz CT molecular complexity index is 1550. The summed E-state index contributed by atoms with van der Waals surface area (Å²) >= 11 is 0. The van der Waals surface area contributed by atoms with E-state index in [2.05, 4.69) is 22.0 Å². The zero-order chi connectivity index (χ0) is 27.1. The lowest BCUT2D eigenvalue weighted by Crippen LogP contribution is -2.46. The maximum atomic E-state index is 14.9. The number of hydrogen-bond donors (Lipinski definition) is 1. The summed E-state index contributed by atoms with van der Waals surface area (Å²) < 4.78 is 26.1. The van der Waals surface area contributed by atoms with Crippen LogP contribution in [0.15, 0.2) is 34.7 Å². The van der Waals surface area contributed by atoms with Crippen molar-refractivity contribution < 1.29 is 27.9 Å². The second-order valence-electron chi connectivity index (χ2n) is 10.9. The Balaban J connectivity index is 1.21. The molecule has 202 valence electrons. The zero-order valence-electron chi connectivity index (χ0n) is 21.7. The average Bonchev–Trinajstić information content (AvgIpc) is 3.73. The lowest BCUT2D eigenvalue weighted by Gasteiger charge is -2.34. The second-order valence-corrected chi connectivity index (χ2v) is 10.9. The van der Waals surface area contributed by atoms with Gasteiger partial charge in [0, 0.05) is 44.3 Å². The molecular formula is C28H28FN5O5. The maximum absolute atomic E-state index is 14.9. The van der Waals surface area contributed by atoms with Crippen molar-refractivity contribution in [3.05, 3.63) is 53.0 Å². The molecule has 0 spiro atoms. The summed E-state index contributed by atoms with van der Waals surface area (Å²) in [6.07, 6.45) is 0.932. The number of anilines is 1. The number of piperazine rings is 1. The van der Waals surface area contributed by atoms with Gasteiger partial charge in [-0.2, -0.15) is 0 Å². The highest BCUT2D eigenvalue weighted by Crippen LogP contribution is 2.40. The number of imide groups is 1. The van der Waals surface area contributed by atoms with Crippen LogP contribution in [0.2, 0.25) is 0 Å². The van der Waals surface area contributed by atoms with Gasteiger partial charge >= 0.3 is 0 Å². The molecule has 3 saturated heterocycles. The highest BCUT2D eigenvalue weighted by atomic mass is 19.1. The van der Waals surface area contributed by atoms with Crippen molar-refractivity contribution in [3.8, 4) is 5.75 Å². The van der Waals surface area contributed by atoms with E-state index in [1.807, 2.05) is 12.1 Å². The molecular weight excluding hydrogens is 505 g/mol. The third kappa shape index (κ3) is 3.48. The Morgan fingerprint density at radius 3 is 2.72 bits per heavy atom. The molecule has 0 saturated carbocycles. The lowest BCUT2D eigenvalue weighted by atomic mass is 9.82. The number of likely N-dealkylation sites (N-methyl/N-ethyl adjacent to an activating group) is 1. The molecule has 0 aliphatic carbocycles. The fourth-order valence-corrected chi connectivity index (χ4v) is 6.78. The van der Waals surface area contributed by atoms with Crippen molar-refractivity contribution in [1.82, 2.24) is 20.1 Å². The van der Waals surface area contributed by atoms with Crippen LogP contribution in [0.25, 0.3) is 11.1 Å². The topological polar surface area (TPSA) is 108 Å². The van der Waals surface area contributed by atoms with Crippen LogP contribution < -0.4 is 15.0 Å². The number of nitrogens with one attached hydrogen (secondary N) is 1. The van der Waals surface area contributed by atoms with Gasteiger partial charge in [-0.25, -0.2) is 9.37 Å². The zero-order valence-corrected chi connectivity index (χ0v) is 21.7. The van der Waals surface area contributed by atoms with E-state index in [0.29, 0.717) is 28.7 Å². The van der Waals surface area contributed by atoms with E-state index in [1.165, 1.54) is 18.1 Å². The number of aromatic nitrogens is 1. The van der Waals surface area contributed by atoms with Crippen LogP contribution in [0.5, 0.6) is 5.75 Å². The minimum Gasteiger partial charge on any atom is -0.494 e. The van der Waals surface area contributed by atoms with Crippen LogP contribution in [0.1, 0.15) is 41.4 Å². The quantitative estimate of drug-likeness (QED) is 0.481. The Morgan fingerprint density at radius 2 is 2.03 bits per heavy atom. The Morgan fingerprint density at radius 1 is 1.18 bits per heavy atom. The standard InChI is InChI=1S/C28H28FN5O5/c1-3-32-12-17-8-16(32)13-34(17)22-7-6-19-18(30-22)9-21(39-19)28(10-23(35)31-27(28)37)14-33-11-15-4-5-20(38-2)25(29)24(15)26(33)36/h4-7,9,16-17H,3,8,10-14H2,1-2H3,(H,31,35,37)/t16-,17-,28-/m1/s1. The minimum atomic E-state index is -1.45. The number of pyridine rings is 1. The Hall–Kier alpha value is -3.99. The number of nitrogens with zero attached hydrogens (tertiary/aromatic N) is 4. The number of rotatable bonds is 6. The first-order chi connectivity index (χ1) is 18.8. The molecule has 2 bridgehead atoms. The molecule has 7 rings (SSSR count). The van der Waals surface area contributed by atoms with Gasteiger partial charge in [-0.3, -0.25) is 24.6 Å². The summed E-state index contributed by atoms with van der Waals surface area (Å²) in [5.41, 5.74) is 0.0369. The Labute approximate surface area is 223 Å². The van der Waals surface area contributed by atoms with Gasteiger partial charge in [0.05, 0.1) is 19.1 Å². The minimum absolute atomic E-state index is 0.0276. The van der Waals surface area contributed by atoms with Crippen molar-refractivity contribution in [1.29, 1.82) is 0 Å². The number of amides is 3. The molecule has 4 aliphatic heterocycles. The number of benzene rings is 1. The van der Waals surface area contributed by atoms with E-state index in [-0.39, 0.29) is 36.6 Å². The van der Waals surface area contributed by atoms with Crippen LogP contribution in [-0.2, 0) is 21.5 Å². The van der Waals surface area contributed by atoms with E-state index in [9.17, 15) is 18.8 Å². The number of furan rings is 1. The van der Waals surface area contributed by atoms with Gasteiger partial charge in [0.25, 0.3) is 5.91 Å². The summed E-state index contributed by atoms with van der Waals surface area (Å²) in [6.45, 7) is 5.12. The number of likely N-dealkylation sites (tertiary alicyclic amines) is 1. The SMILES string of the molecule is CCN1C[C@H]2C[C@@H]1CN2c1ccc2oc([C@]3(CN4Cc5ccc(OC)c(F)c5C4=O)CC(=O)NC3=O)cc2n1. The number of methoxy groups -OCH3 is 1. The Kier molecular flexibility index (Phi) is 5.25. The molecule has 3 amide bonds. The lowest BCUT2D eigenvalue weighted by molar-refractivity contribution is -0.127. The third-order valence-electron chi connectivity index (χ3n) is 8.77. The number of halogens is 1. The first kappa shape index (κ1) is 24.1. The van der Waals surface area contributed by atoms with Gasteiger partial charge in [0.1, 0.15) is 22.5 Å². The van der Waals surface area contributed by atoms with Crippen molar-refractivity contribution in [2.24, 2.45) is 0 Å². The largest absolute Gasteiger partial charge is 0.494 e. The summed E-state index contributed by atoms with van der Waals surface area (Å²) in [5, 5.41) is 2.37. The molecule has 1 aromatic carbocycles. The van der Waals surface area contributed by atoms with Crippen molar-refractivity contribution in [2.75, 3.05) is 38.2 Å². The fraction of sp³-hybridized carbons (Fsp3) is 0.429. The average molecular weight is 534 g/mol. The highest BCUT2D eigenvalue weighted by molar-refractivity contribution is 6.10. The predicted octanol–water partition coefficient (Wildman–Crippen LogP) is 2.20. The third-order valence-corrected chi connectivity index (χ3v) is 8.77. The van der Waals surface area contributed by atoms with Crippen molar-refractivity contribution >= 4 is 34.6 Å². The van der Waals surface area contributed by atoms with Crippen LogP contribution in [-0.4, -0.2) is 77.9 Å². The first-order valence-corrected chi connectivity index (χ1v) is 13.2. The van der Waals surface area contributed by atoms with E-state index >= 15 is 0 Å². The monoisotopic (exact) mass is 533 g/mol. The van der Waals surface area contributed by atoms with Gasteiger partial charge < -0.3 is 19.0 Å². The van der Waals surface area contributed by atoms with Gasteiger partial charge in [0.15, 0.2) is 17.1 Å². The van der Waals surface area contributed by atoms with Crippen LogP contribution in [0.4, 0.5) is 10.2 Å². The molecule has 4 aliphatic rings. The molecule has 39 heavy (non-hydrogen) atoms. The summed E-state index contributed by atoms with van der Waals surface area (Å²) in [5.74, 6) is -1.22. The summed E-state index contributed by atoms with van der Waals surface area (Å²) in [4.78, 5) is 50.1. The molecule has 6 heterocycles. The maximum Gasteiger partial charge on any atom is 0.257 e. The molecule has 0 radical (unpaired) electrons. The molecule has 3 aromatic rings. The second kappa shape index (κ2) is 8.51. The smallest absolute Gasteiger partial charge is 0.257 e. The van der Waals surface area contributed by atoms with E-state index < -0.39 is 29.0 Å².